The average molecular weight is 238 g/mol. The summed E-state index contributed by atoms with van der Waals surface area (Å²) in [4.78, 5) is 10.5. The predicted molar refractivity (Wildman–Crippen MR) is 58.8 cm³/mol. The van der Waals surface area contributed by atoms with Crippen molar-refractivity contribution >= 4 is 11.5 Å². The summed E-state index contributed by atoms with van der Waals surface area (Å²) in [5, 5.41) is 8.56. The molecule has 0 atom stereocenters. The molecule has 0 radical (unpaired) electrons. The first-order valence-electron chi connectivity index (χ1n) is 5.09. The first-order chi connectivity index (χ1) is 8.09. The van der Waals surface area contributed by atoms with Crippen molar-refractivity contribution in [2.24, 2.45) is 0 Å². The van der Waals surface area contributed by atoms with Crippen molar-refractivity contribution in [1.82, 2.24) is 0 Å². The van der Waals surface area contributed by atoms with E-state index in [1.165, 1.54) is 6.92 Å². The van der Waals surface area contributed by atoms with Crippen molar-refractivity contribution in [2.75, 3.05) is 13.2 Å². The van der Waals surface area contributed by atoms with Gasteiger partial charge in [0.05, 0.1) is 0 Å². The standard InChI is InChI=1S/C12H11FO4/c1-7(11(13)12(14)15)8-2-3-9-10(6-8)17-5-4-16-9/h2-3,6H,4-5H2,1H3,(H,14,15). The van der Waals surface area contributed by atoms with Crippen LogP contribution in [0.4, 0.5) is 4.39 Å². The number of benzene rings is 1. The molecule has 17 heavy (non-hydrogen) atoms. The molecule has 0 fully saturated rings. The Morgan fingerprint density at radius 2 is 1.94 bits per heavy atom. The molecule has 0 saturated heterocycles. The summed E-state index contributed by atoms with van der Waals surface area (Å²) in [6.07, 6.45) is 0. The SMILES string of the molecule is CC(=C(F)C(=O)O)c1ccc2c(c1)OCCO2. The third-order valence-corrected chi connectivity index (χ3v) is 2.49. The van der Waals surface area contributed by atoms with E-state index in [1.807, 2.05) is 0 Å². The van der Waals surface area contributed by atoms with E-state index in [9.17, 15) is 9.18 Å². The number of rotatable bonds is 2. The smallest absolute Gasteiger partial charge is 0.365 e. The molecule has 1 N–H and O–H groups in total. The molecule has 0 aliphatic carbocycles. The topological polar surface area (TPSA) is 55.8 Å². The Labute approximate surface area is 97.3 Å². The van der Waals surface area contributed by atoms with Gasteiger partial charge in [-0.15, -0.1) is 0 Å². The zero-order valence-electron chi connectivity index (χ0n) is 9.20. The molecule has 0 unspecified atom stereocenters. The van der Waals surface area contributed by atoms with E-state index >= 15 is 0 Å². The number of allylic oxidation sites excluding steroid dienone is 1. The van der Waals surface area contributed by atoms with Gasteiger partial charge in [-0.2, -0.15) is 4.39 Å². The Kier molecular flexibility index (Phi) is 2.99. The second kappa shape index (κ2) is 4.45. The molecule has 0 saturated carbocycles. The van der Waals surface area contributed by atoms with E-state index in [1.54, 1.807) is 18.2 Å². The monoisotopic (exact) mass is 238 g/mol. The third kappa shape index (κ3) is 2.22. The lowest BCUT2D eigenvalue weighted by atomic mass is 10.1. The molecule has 1 aromatic rings. The van der Waals surface area contributed by atoms with Gasteiger partial charge in [-0.05, 0) is 30.2 Å². The van der Waals surface area contributed by atoms with Gasteiger partial charge < -0.3 is 14.6 Å². The van der Waals surface area contributed by atoms with Crippen molar-refractivity contribution in [3.8, 4) is 11.5 Å². The molecule has 0 bridgehead atoms. The minimum absolute atomic E-state index is 0.0643. The first-order valence-corrected chi connectivity index (χ1v) is 5.09. The van der Waals surface area contributed by atoms with Crippen molar-refractivity contribution < 1.29 is 23.8 Å². The molecule has 2 rings (SSSR count). The molecule has 5 heteroatoms. The second-order valence-electron chi connectivity index (χ2n) is 3.60. The maximum Gasteiger partial charge on any atom is 0.365 e. The minimum atomic E-state index is -1.57. The molecule has 4 nitrogen and oxygen atoms in total. The number of carboxylic acid groups (broad SMARTS) is 1. The Bertz CT molecular complexity index is 493. The highest BCUT2D eigenvalue weighted by atomic mass is 19.1. The molecule has 1 heterocycles. The van der Waals surface area contributed by atoms with E-state index in [4.69, 9.17) is 14.6 Å². The van der Waals surface area contributed by atoms with Crippen LogP contribution in [-0.4, -0.2) is 24.3 Å². The van der Waals surface area contributed by atoms with Crippen LogP contribution in [0.2, 0.25) is 0 Å². The largest absolute Gasteiger partial charge is 0.486 e. The zero-order chi connectivity index (χ0) is 12.4. The summed E-state index contributed by atoms with van der Waals surface area (Å²) in [5.74, 6) is -1.64. The number of halogens is 1. The number of aliphatic carboxylic acids is 1. The van der Waals surface area contributed by atoms with Crippen LogP contribution >= 0.6 is 0 Å². The van der Waals surface area contributed by atoms with Crippen molar-refractivity contribution in [3.63, 3.8) is 0 Å². The van der Waals surface area contributed by atoms with Crippen LogP contribution < -0.4 is 9.47 Å². The van der Waals surface area contributed by atoms with Gasteiger partial charge in [-0.1, -0.05) is 6.07 Å². The number of carbonyl (C=O) groups is 1. The van der Waals surface area contributed by atoms with Gasteiger partial charge in [0.15, 0.2) is 11.5 Å². The lowest BCUT2D eigenvalue weighted by molar-refractivity contribution is -0.134. The summed E-state index contributed by atoms with van der Waals surface area (Å²) in [6, 6.07) is 4.82. The number of hydrogen-bond donors (Lipinski definition) is 1. The molecular weight excluding hydrogens is 227 g/mol. The fraction of sp³-hybridized carbons (Fsp3) is 0.250. The van der Waals surface area contributed by atoms with Crippen LogP contribution in [0.3, 0.4) is 0 Å². The summed E-state index contributed by atoms with van der Waals surface area (Å²) in [5.41, 5.74) is 0.531. The zero-order valence-corrected chi connectivity index (χ0v) is 9.20. The quantitative estimate of drug-likeness (QED) is 0.803. The van der Waals surface area contributed by atoms with Gasteiger partial charge in [0, 0.05) is 0 Å². The van der Waals surface area contributed by atoms with Crippen LogP contribution in [0.15, 0.2) is 24.0 Å². The summed E-state index contributed by atoms with van der Waals surface area (Å²) in [7, 11) is 0. The summed E-state index contributed by atoms with van der Waals surface area (Å²) < 4.78 is 23.9. The van der Waals surface area contributed by atoms with Crippen molar-refractivity contribution in [1.29, 1.82) is 0 Å². The molecule has 0 amide bonds. The van der Waals surface area contributed by atoms with Crippen LogP contribution in [0.25, 0.3) is 5.57 Å². The lowest BCUT2D eigenvalue weighted by Crippen LogP contribution is -2.15. The molecule has 90 valence electrons. The molecule has 1 aliphatic rings. The highest BCUT2D eigenvalue weighted by Crippen LogP contribution is 2.33. The Balaban J connectivity index is 2.41. The van der Waals surface area contributed by atoms with E-state index in [0.29, 0.717) is 30.3 Å². The Morgan fingerprint density at radius 1 is 1.29 bits per heavy atom. The van der Waals surface area contributed by atoms with Gasteiger partial charge >= 0.3 is 5.97 Å². The number of ether oxygens (including phenoxy) is 2. The highest BCUT2D eigenvalue weighted by Gasteiger charge is 2.16. The van der Waals surface area contributed by atoms with Crippen molar-refractivity contribution in [2.45, 2.75) is 6.92 Å². The second-order valence-corrected chi connectivity index (χ2v) is 3.60. The van der Waals surface area contributed by atoms with Crippen LogP contribution in [0.5, 0.6) is 11.5 Å². The van der Waals surface area contributed by atoms with Gasteiger partial charge in [-0.3, -0.25) is 0 Å². The third-order valence-electron chi connectivity index (χ3n) is 2.49. The van der Waals surface area contributed by atoms with E-state index in [0.717, 1.165) is 0 Å². The average Bonchev–Trinajstić information content (AvgIpc) is 2.36. The highest BCUT2D eigenvalue weighted by molar-refractivity contribution is 5.93. The van der Waals surface area contributed by atoms with E-state index in [-0.39, 0.29) is 5.57 Å². The van der Waals surface area contributed by atoms with E-state index in [2.05, 4.69) is 0 Å². The van der Waals surface area contributed by atoms with Gasteiger partial charge in [0.2, 0.25) is 5.83 Å². The fourth-order valence-corrected chi connectivity index (χ4v) is 1.56. The van der Waals surface area contributed by atoms with Gasteiger partial charge in [0.1, 0.15) is 13.2 Å². The summed E-state index contributed by atoms with van der Waals surface area (Å²) >= 11 is 0. The van der Waals surface area contributed by atoms with Crippen LogP contribution in [-0.2, 0) is 4.79 Å². The molecule has 0 spiro atoms. The predicted octanol–water partition coefficient (Wildman–Crippen LogP) is 2.24. The summed E-state index contributed by atoms with van der Waals surface area (Å²) in [6.45, 7) is 2.32. The van der Waals surface area contributed by atoms with Crippen molar-refractivity contribution in [3.05, 3.63) is 29.6 Å². The normalized spacial score (nSPS) is 15.2. The number of fused-ring (bicyclic) bond motifs is 1. The molecular formula is C12H11FO4. The Morgan fingerprint density at radius 3 is 2.59 bits per heavy atom. The Hall–Kier alpha value is -2.04. The van der Waals surface area contributed by atoms with Gasteiger partial charge in [-0.25, -0.2) is 4.79 Å². The van der Waals surface area contributed by atoms with E-state index < -0.39 is 11.8 Å². The van der Waals surface area contributed by atoms with Crippen LogP contribution in [0, 0.1) is 0 Å². The fourth-order valence-electron chi connectivity index (χ4n) is 1.56. The number of carboxylic acids is 1. The maximum atomic E-state index is 13.2. The van der Waals surface area contributed by atoms with Gasteiger partial charge in [0.25, 0.3) is 0 Å². The lowest BCUT2D eigenvalue weighted by Gasteiger charge is -2.19. The number of hydrogen-bond acceptors (Lipinski definition) is 3. The molecule has 0 aromatic heterocycles. The molecule has 1 aromatic carbocycles. The first kappa shape index (κ1) is 11.4. The van der Waals surface area contributed by atoms with Crippen LogP contribution in [0.1, 0.15) is 12.5 Å². The molecule has 1 aliphatic heterocycles. The minimum Gasteiger partial charge on any atom is -0.486 e. The maximum absolute atomic E-state index is 13.2.